The van der Waals surface area contributed by atoms with Crippen molar-refractivity contribution < 1.29 is 23.6 Å². The first-order chi connectivity index (χ1) is 28.3. The van der Waals surface area contributed by atoms with Crippen LogP contribution in [0.15, 0.2) is 60.1 Å². The lowest BCUT2D eigenvalue weighted by Gasteiger charge is -2.73. The summed E-state index contributed by atoms with van der Waals surface area (Å²) < 4.78 is 15.2. The fourth-order valence-corrected chi connectivity index (χ4v) is 15.6. The number of allylic oxidation sites excluding steroid dienone is 4. The van der Waals surface area contributed by atoms with Crippen molar-refractivity contribution >= 4 is 17.6 Å². The van der Waals surface area contributed by atoms with Crippen LogP contribution >= 0.6 is 0 Å². The number of esters is 2. The number of ether oxygens (including phenoxy) is 2. The normalized spacial score (nSPS) is 37.7. The Labute approximate surface area is 364 Å². The third-order valence-electron chi connectivity index (χ3n) is 19.2. The number of hydrogen-bond acceptors (Lipinski definition) is 6. The molecule has 1 aromatic rings. The highest BCUT2D eigenvalue weighted by Gasteiger charge is 2.71. The summed E-state index contributed by atoms with van der Waals surface area (Å²) in [5.74, 6) is 2.43. The van der Waals surface area contributed by atoms with Crippen molar-refractivity contribution in [1.82, 2.24) is 4.90 Å². The number of fused-ring (bicyclic) bond motifs is 7. The largest absolute Gasteiger partial charge is 0.465 e. The second kappa shape index (κ2) is 16.6. The van der Waals surface area contributed by atoms with Crippen molar-refractivity contribution in [2.75, 3.05) is 39.7 Å². The molecule has 0 spiro atoms. The lowest BCUT2D eigenvalue weighted by Crippen LogP contribution is -2.67. The van der Waals surface area contributed by atoms with Gasteiger partial charge < -0.3 is 19.3 Å². The Bertz CT molecular complexity index is 1850. The Balaban J connectivity index is 1.09. The maximum absolute atomic E-state index is 14.0. The van der Waals surface area contributed by atoms with Crippen molar-refractivity contribution in [1.29, 1.82) is 0 Å². The molecule has 12 atom stereocenters. The van der Waals surface area contributed by atoms with Crippen LogP contribution in [0.25, 0.3) is 0 Å². The number of nitrogens with zero attached hydrogens (tertiary/aromatic N) is 3. The molecule has 332 valence electrons. The predicted octanol–water partition coefficient (Wildman–Crippen LogP) is 11.3. The van der Waals surface area contributed by atoms with Gasteiger partial charge in [-0.05, 0) is 142 Å². The molecule has 0 N–H and O–H groups in total. The molecule has 1 heterocycles. The van der Waals surface area contributed by atoms with Crippen LogP contribution < -0.4 is 9.47 Å². The molecule has 0 saturated heterocycles. The first-order valence-electron chi connectivity index (χ1n) is 24.1. The predicted molar refractivity (Wildman–Crippen MR) is 243 cm³/mol. The van der Waals surface area contributed by atoms with Gasteiger partial charge in [-0.1, -0.05) is 72.3 Å². The molecule has 5 saturated carbocycles. The molecule has 6 aliphatic carbocycles. The van der Waals surface area contributed by atoms with Gasteiger partial charge in [0.15, 0.2) is 12.4 Å². The summed E-state index contributed by atoms with van der Waals surface area (Å²) in [5, 5.41) is 0. The van der Waals surface area contributed by atoms with Gasteiger partial charge in [0, 0.05) is 69.0 Å². The molecular formula is C53H82N3O4+. The monoisotopic (exact) mass is 825 g/mol. The summed E-state index contributed by atoms with van der Waals surface area (Å²) in [6.45, 7) is 24.5. The maximum atomic E-state index is 14.0. The highest BCUT2D eigenvalue weighted by molar-refractivity contribution is 5.76. The minimum Gasteiger partial charge on any atom is -0.465 e. The van der Waals surface area contributed by atoms with Gasteiger partial charge in [0.1, 0.15) is 6.10 Å². The van der Waals surface area contributed by atoms with Crippen molar-refractivity contribution in [3.05, 3.63) is 60.1 Å². The first kappa shape index (κ1) is 44.9. The summed E-state index contributed by atoms with van der Waals surface area (Å²) in [6.07, 6.45) is 23.3. The van der Waals surface area contributed by atoms with Gasteiger partial charge in [0.05, 0.1) is 12.5 Å². The van der Waals surface area contributed by atoms with Crippen molar-refractivity contribution in [3.8, 4) is 0 Å². The molecule has 0 amide bonds. The molecule has 0 aromatic carbocycles. The quantitative estimate of drug-likeness (QED) is 0.119. The molecule has 7 rings (SSSR count). The van der Waals surface area contributed by atoms with Gasteiger partial charge in [0.25, 0.3) is 6.04 Å². The zero-order valence-corrected chi connectivity index (χ0v) is 39.9. The van der Waals surface area contributed by atoms with E-state index in [9.17, 15) is 9.59 Å². The number of hydrogen-bond donors (Lipinski definition) is 0. The standard InChI is InChI=1S/C53H82N3O4/c1-14-39(36-16-18-37(19-17-36)54(10)11)47(57)59-34-53-29-22-40(35(3)4)46(53)41-20-21-44-50(7)27-24-45(49(5,6)43(50)23-28-52(44,9)51(41,8)30-31-53)60-48(58)42(15-2)56-32-25-38(26-33-56)55(12)13/h16,18,25-26,32-33,39-46H,3,14-15,17,19-24,27-31,34H2,1-2,4-13H3/q+1/t39?,40?,41?,42?,43?,44?,45-,46?,50-,51+,52+,53+/m0/s1. The molecule has 7 nitrogen and oxygen atoms in total. The van der Waals surface area contributed by atoms with Gasteiger partial charge in [-0.25, -0.2) is 4.79 Å². The van der Waals surface area contributed by atoms with Gasteiger partial charge in [0.2, 0.25) is 0 Å². The molecular weight excluding hydrogens is 743 g/mol. The fourth-order valence-electron chi connectivity index (χ4n) is 15.6. The molecule has 0 bridgehead atoms. The first-order valence-corrected chi connectivity index (χ1v) is 24.1. The zero-order chi connectivity index (χ0) is 43.6. The molecule has 6 aliphatic rings. The number of rotatable bonds is 12. The molecule has 7 heteroatoms. The van der Waals surface area contributed by atoms with Crippen LogP contribution in [0.3, 0.4) is 0 Å². The minimum absolute atomic E-state index is 0.0147. The lowest BCUT2D eigenvalue weighted by atomic mass is 9.32. The smallest absolute Gasteiger partial charge is 0.376 e. The van der Waals surface area contributed by atoms with Crippen LogP contribution in [0.2, 0.25) is 0 Å². The maximum Gasteiger partial charge on any atom is 0.376 e. The highest BCUT2D eigenvalue weighted by atomic mass is 16.5. The summed E-state index contributed by atoms with van der Waals surface area (Å²) in [4.78, 5) is 32.3. The van der Waals surface area contributed by atoms with E-state index in [0.29, 0.717) is 42.6 Å². The summed E-state index contributed by atoms with van der Waals surface area (Å²) >= 11 is 0. The van der Waals surface area contributed by atoms with E-state index in [2.05, 4.69) is 110 Å². The Hall–Kier alpha value is -3.09. The second-order valence-corrected chi connectivity index (χ2v) is 22.5. The van der Waals surface area contributed by atoms with Crippen LogP contribution in [0.4, 0.5) is 5.69 Å². The average molecular weight is 825 g/mol. The molecule has 1 aromatic heterocycles. The molecule has 60 heavy (non-hydrogen) atoms. The second-order valence-electron chi connectivity index (χ2n) is 22.5. The van der Waals surface area contributed by atoms with Crippen LogP contribution in [0, 0.1) is 62.6 Å². The Morgan fingerprint density at radius 1 is 0.800 bits per heavy atom. The zero-order valence-electron chi connectivity index (χ0n) is 39.9. The number of anilines is 1. The van der Waals surface area contributed by atoms with Crippen LogP contribution in [0.5, 0.6) is 0 Å². The van der Waals surface area contributed by atoms with E-state index in [1.807, 2.05) is 31.1 Å². The minimum atomic E-state index is -0.327. The fraction of sp³-hybridized carbons (Fsp3) is 0.755. The van der Waals surface area contributed by atoms with Crippen molar-refractivity contribution in [2.45, 2.75) is 157 Å². The Morgan fingerprint density at radius 3 is 2.12 bits per heavy atom. The van der Waals surface area contributed by atoms with E-state index in [1.165, 1.54) is 48.9 Å². The SMILES string of the molecule is C=C(C)C1CC[C@]2(COC(=O)C(CC)C3=CC=C(N(C)C)CC3)CC[C@]3(C)C(CCC4[C@@]5(C)CC[C@H](OC(=O)C(CC)[n+]6ccc(N(C)C)cc6)C(C)(C)C5CC[C@]43C)C12. The van der Waals surface area contributed by atoms with E-state index in [1.54, 1.807) is 0 Å². The topological polar surface area (TPSA) is 63.0 Å². The van der Waals surface area contributed by atoms with Crippen LogP contribution in [0.1, 0.15) is 151 Å². The average Bonchev–Trinajstić information content (AvgIpc) is 3.60. The van der Waals surface area contributed by atoms with Gasteiger partial charge in [-0.2, -0.15) is 4.57 Å². The summed E-state index contributed by atoms with van der Waals surface area (Å²) in [7, 11) is 8.27. The summed E-state index contributed by atoms with van der Waals surface area (Å²) in [6, 6.07) is 3.82. The third kappa shape index (κ3) is 7.29. The molecule has 7 unspecified atom stereocenters. The van der Waals surface area contributed by atoms with E-state index >= 15 is 0 Å². The van der Waals surface area contributed by atoms with E-state index in [0.717, 1.165) is 57.1 Å². The number of carbonyl (C=O) groups excluding carboxylic acids is 2. The Kier molecular flexibility index (Phi) is 12.4. The van der Waals surface area contributed by atoms with Crippen molar-refractivity contribution in [3.63, 3.8) is 0 Å². The van der Waals surface area contributed by atoms with Gasteiger partial charge >= 0.3 is 11.9 Å². The van der Waals surface area contributed by atoms with E-state index < -0.39 is 0 Å². The molecule has 5 fully saturated rings. The van der Waals surface area contributed by atoms with Crippen LogP contribution in [-0.4, -0.2) is 57.7 Å². The van der Waals surface area contributed by atoms with Crippen LogP contribution in [-0.2, 0) is 19.1 Å². The third-order valence-corrected chi connectivity index (χ3v) is 19.2. The molecule has 0 radical (unpaired) electrons. The van der Waals surface area contributed by atoms with Crippen molar-refractivity contribution in [2.24, 2.45) is 62.6 Å². The number of pyridine rings is 1. The molecule has 0 aliphatic heterocycles. The Morgan fingerprint density at radius 2 is 1.52 bits per heavy atom. The number of carbonyl (C=O) groups is 2. The van der Waals surface area contributed by atoms with E-state index in [4.69, 9.17) is 9.47 Å². The van der Waals surface area contributed by atoms with Gasteiger partial charge in [-0.3, -0.25) is 4.79 Å². The lowest BCUT2D eigenvalue weighted by molar-refractivity contribution is -0.711. The number of aromatic nitrogens is 1. The summed E-state index contributed by atoms with van der Waals surface area (Å²) in [5.41, 5.74) is 5.51. The van der Waals surface area contributed by atoms with Gasteiger partial charge in [-0.15, -0.1) is 0 Å². The van der Waals surface area contributed by atoms with E-state index in [-0.39, 0.29) is 57.1 Å². The highest BCUT2D eigenvalue weighted by Crippen LogP contribution is 2.77.